The number of nitrogens with two attached hydrogens (primary N) is 1. The molecule has 2 aromatic heterocycles. The molecule has 6 heteroatoms. The van der Waals surface area contributed by atoms with Crippen molar-refractivity contribution in [1.29, 1.82) is 0 Å². The number of fused-ring (bicyclic) bond motifs is 3. The lowest BCUT2D eigenvalue weighted by Gasteiger charge is -2.00. The van der Waals surface area contributed by atoms with Crippen molar-refractivity contribution in [1.82, 2.24) is 14.4 Å². The predicted molar refractivity (Wildman–Crippen MR) is 74.1 cm³/mol. The van der Waals surface area contributed by atoms with Gasteiger partial charge in [0.25, 0.3) is 0 Å². The molecule has 3 rings (SSSR count). The number of benzene rings is 1. The number of nitrogens with one attached hydrogen (secondary N) is 1. The molecule has 0 unspecified atom stereocenters. The second-order valence-corrected chi connectivity index (χ2v) is 4.78. The van der Waals surface area contributed by atoms with E-state index in [2.05, 4.69) is 25.9 Å². The lowest BCUT2D eigenvalue weighted by Crippen LogP contribution is -2.03. The molecular weight excluding hydrogens is 296 g/mol. The lowest BCUT2D eigenvalue weighted by atomic mass is 10.3. The van der Waals surface area contributed by atoms with Gasteiger partial charge in [-0.25, -0.2) is 4.98 Å². The average molecular weight is 309 g/mol. The number of rotatable bonds is 3. The van der Waals surface area contributed by atoms with Gasteiger partial charge in [0.1, 0.15) is 15.9 Å². The van der Waals surface area contributed by atoms with Crippen LogP contribution in [0.25, 0.3) is 16.8 Å². The van der Waals surface area contributed by atoms with Gasteiger partial charge in [-0.2, -0.15) is 0 Å². The standard InChI is InChI=1S/C12H13BrN4O/c1-18-9-4-2-3-8-10(9)16-12-15-7(5-6-14)11(13)17(8)12/h2-4H,5-6,14H2,1H3,(H,15,16). The van der Waals surface area contributed by atoms with Crippen LogP contribution in [-0.2, 0) is 6.42 Å². The molecule has 18 heavy (non-hydrogen) atoms. The fraction of sp³-hybridized carbons (Fsp3) is 0.250. The topological polar surface area (TPSA) is 68.3 Å². The quantitative estimate of drug-likeness (QED) is 0.778. The summed E-state index contributed by atoms with van der Waals surface area (Å²) in [6.45, 7) is 0.601. The van der Waals surface area contributed by atoms with Crippen LogP contribution in [0.1, 0.15) is 5.69 Å². The van der Waals surface area contributed by atoms with Crippen LogP contribution in [0.15, 0.2) is 22.8 Å². The van der Waals surface area contributed by atoms with Gasteiger partial charge >= 0.3 is 0 Å². The van der Waals surface area contributed by atoms with Crippen molar-refractivity contribution in [2.45, 2.75) is 6.42 Å². The first-order chi connectivity index (χ1) is 8.76. The average Bonchev–Trinajstić information content (AvgIpc) is 2.88. The van der Waals surface area contributed by atoms with Crippen LogP contribution in [0.3, 0.4) is 0 Å². The summed E-state index contributed by atoms with van der Waals surface area (Å²) in [5.41, 5.74) is 8.51. The molecule has 0 spiro atoms. The molecule has 0 amide bonds. The fourth-order valence-electron chi connectivity index (χ4n) is 2.15. The second kappa shape index (κ2) is 4.29. The SMILES string of the molecule is COc1cccc2c1nc1[nH]c(CCN)c(Br)n12. The highest BCUT2D eigenvalue weighted by molar-refractivity contribution is 9.10. The molecule has 3 N–H and O–H groups in total. The van der Waals surface area contributed by atoms with Gasteiger partial charge in [-0.05, 0) is 34.6 Å². The van der Waals surface area contributed by atoms with E-state index < -0.39 is 0 Å². The zero-order valence-corrected chi connectivity index (χ0v) is 11.5. The van der Waals surface area contributed by atoms with Gasteiger partial charge in [-0.1, -0.05) is 6.07 Å². The highest BCUT2D eigenvalue weighted by Gasteiger charge is 2.15. The van der Waals surface area contributed by atoms with Crippen molar-refractivity contribution in [3.8, 4) is 5.75 Å². The van der Waals surface area contributed by atoms with E-state index in [1.807, 2.05) is 22.6 Å². The summed E-state index contributed by atoms with van der Waals surface area (Å²) in [6.07, 6.45) is 0.787. The predicted octanol–water partition coefficient (Wildman–Crippen LogP) is 2.09. The first-order valence-corrected chi connectivity index (χ1v) is 6.47. The van der Waals surface area contributed by atoms with Crippen LogP contribution in [0.4, 0.5) is 0 Å². The Bertz CT molecular complexity index is 716. The van der Waals surface area contributed by atoms with Gasteiger partial charge in [0.2, 0.25) is 5.78 Å². The van der Waals surface area contributed by atoms with Gasteiger partial charge < -0.3 is 15.5 Å². The molecule has 5 nitrogen and oxygen atoms in total. The number of hydrogen-bond acceptors (Lipinski definition) is 3. The summed E-state index contributed by atoms with van der Waals surface area (Å²) in [4.78, 5) is 7.84. The summed E-state index contributed by atoms with van der Waals surface area (Å²) >= 11 is 3.59. The van der Waals surface area contributed by atoms with E-state index in [4.69, 9.17) is 10.5 Å². The van der Waals surface area contributed by atoms with Gasteiger partial charge in [0, 0.05) is 6.42 Å². The Hall–Kier alpha value is -1.53. The summed E-state index contributed by atoms with van der Waals surface area (Å²) in [5, 5.41) is 0. The maximum atomic E-state index is 5.59. The first-order valence-electron chi connectivity index (χ1n) is 5.68. The molecule has 0 aliphatic heterocycles. The van der Waals surface area contributed by atoms with Crippen molar-refractivity contribution in [3.05, 3.63) is 28.5 Å². The number of para-hydroxylation sites is 1. The van der Waals surface area contributed by atoms with Crippen molar-refractivity contribution in [3.63, 3.8) is 0 Å². The molecule has 0 radical (unpaired) electrons. The van der Waals surface area contributed by atoms with Crippen LogP contribution in [0.5, 0.6) is 5.75 Å². The Morgan fingerprint density at radius 2 is 2.33 bits per heavy atom. The zero-order valence-electron chi connectivity index (χ0n) is 9.90. The minimum Gasteiger partial charge on any atom is -0.494 e. The fourth-order valence-corrected chi connectivity index (χ4v) is 2.81. The molecule has 94 valence electrons. The zero-order chi connectivity index (χ0) is 12.7. The number of ether oxygens (including phenoxy) is 1. The molecule has 0 saturated carbocycles. The van der Waals surface area contributed by atoms with Crippen molar-refractivity contribution in [2.24, 2.45) is 5.73 Å². The lowest BCUT2D eigenvalue weighted by molar-refractivity contribution is 0.419. The van der Waals surface area contributed by atoms with Crippen molar-refractivity contribution in [2.75, 3.05) is 13.7 Å². The molecule has 3 aromatic rings. The number of aromatic amines is 1. The Labute approximate surface area is 112 Å². The van der Waals surface area contributed by atoms with E-state index in [9.17, 15) is 0 Å². The number of halogens is 1. The molecule has 1 aromatic carbocycles. The Morgan fingerprint density at radius 1 is 1.50 bits per heavy atom. The number of hydrogen-bond donors (Lipinski definition) is 2. The molecule has 0 atom stereocenters. The number of aromatic nitrogens is 3. The van der Waals surface area contributed by atoms with E-state index >= 15 is 0 Å². The highest BCUT2D eigenvalue weighted by atomic mass is 79.9. The van der Waals surface area contributed by atoms with Crippen LogP contribution < -0.4 is 10.5 Å². The number of imidazole rings is 2. The normalized spacial score (nSPS) is 11.5. The minimum absolute atomic E-state index is 0.601. The summed E-state index contributed by atoms with van der Waals surface area (Å²) in [6, 6.07) is 5.88. The number of nitrogens with zero attached hydrogens (tertiary/aromatic N) is 2. The van der Waals surface area contributed by atoms with Crippen molar-refractivity contribution >= 4 is 32.7 Å². The molecule has 0 aliphatic carbocycles. The monoisotopic (exact) mass is 308 g/mol. The molecule has 0 aliphatic rings. The third-order valence-electron chi connectivity index (χ3n) is 2.97. The molecule has 0 fully saturated rings. The van der Waals surface area contributed by atoms with E-state index in [0.29, 0.717) is 6.54 Å². The van der Waals surface area contributed by atoms with Crippen LogP contribution in [0.2, 0.25) is 0 Å². The first kappa shape index (κ1) is 11.6. The van der Waals surface area contributed by atoms with E-state index in [0.717, 1.165) is 39.3 Å². The summed E-state index contributed by atoms with van der Waals surface area (Å²) < 4.78 is 8.32. The Balaban J connectivity index is 2.34. The van der Waals surface area contributed by atoms with Gasteiger partial charge in [-0.15, -0.1) is 0 Å². The highest BCUT2D eigenvalue weighted by Crippen LogP contribution is 2.29. The van der Waals surface area contributed by atoms with E-state index in [1.54, 1.807) is 7.11 Å². The Kier molecular flexibility index (Phi) is 2.76. The molecule has 0 bridgehead atoms. The third kappa shape index (κ3) is 1.53. The van der Waals surface area contributed by atoms with Gasteiger partial charge in [0.15, 0.2) is 0 Å². The van der Waals surface area contributed by atoms with E-state index in [-0.39, 0.29) is 0 Å². The van der Waals surface area contributed by atoms with Gasteiger partial charge in [0.05, 0.1) is 18.3 Å². The molecule has 0 saturated heterocycles. The maximum Gasteiger partial charge on any atom is 0.213 e. The van der Waals surface area contributed by atoms with Crippen molar-refractivity contribution < 1.29 is 4.74 Å². The van der Waals surface area contributed by atoms with E-state index in [1.165, 1.54) is 0 Å². The summed E-state index contributed by atoms with van der Waals surface area (Å²) in [7, 11) is 1.65. The third-order valence-corrected chi connectivity index (χ3v) is 3.80. The smallest absolute Gasteiger partial charge is 0.213 e. The van der Waals surface area contributed by atoms with Crippen LogP contribution in [-0.4, -0.2) is 28.0 Å². The number of H-pyrrole nitrogens is 1. The number of methoxy groups -OCH3 is 1. The largest absolute Gasteiger partial charge is 0.494 e. The second-order valence-electron chi connectivity index (χ2n) is 4.03. The molecule has 2 heterocycles. The minimum atomic E-state index is 0.601. The maximum absolute atomic E-state index is 5.59. The Morgan fingerprint density at radius 3 is 3.06 bits per heavy atom. The summed E-state index contributed by atoms with van der Waals surface area (Å²) in [5.74, 6) is 1.57. The van der Waals surface area contributed by atoms with Gasteiger partial charge in [-0.3, -0.25) is 4.40 Å². The molecular formula is C12H13BrN4O. The van der Waals surface area contributed by atoms with Crippen LogP contribution >= 0.6 is 15.9 Å². The van der Waals surface area contributed by atoms with Crippen LogP contribution in [0, 0.1) is 0 Å².